The minimum Gasteiger partial charge on any atom is -0.374 e. The topological polar surface area (TPSA) is 9.23 Å². The van der Waals surface area contributed by atoms with Gasteiger partial charge in [-0.1, -0.05) is 53.6 Å². The average molecular weight is 329 g/mol. The summed E-state index contributed by atoms with van der Waals surface area (Å²) in [5, 5.41) is 0.983. The molecule has 0 aliphatic heterocycles. The maximum absolute atomic E-state index is 12.7. The van der Waals surface area contributed by atoms with E-state index in [4.69, 9.17) is 4.74 Å². The second-order valence-electron chi connectivity index (χ2n) is 4.52. The maximum Gasteiger partial charge on any atom is 0.123 e. The summed E-state index contributed by atoms with van der Waals surface area (Å²) in [6.45, 7) is 2.83. The first-order valence-electron chi connectivity index (χ1n) is 6.83. The highest BCUT2D eigenvalue weighted by atomic mass is 79.9. The lowest BCUT2D eigenvalue weighted by molar-refractivity contribution is 0.0655. The van der Waals surface area contributed by atoms with E-state index in [1.54, 1.807) is 0 Å². The first kappa shape index (κ1) is 16.4. The van der Waals surface area contributed by atoms with Gasteiger partial charge in [0.05, 0.1) is 12.7 Å². The molecule has 0 amide bonds. The second-order valence-corrected chi connectivity index (χ2v) is 5.32. The van der Waals surface area contributed by atoms with Crippen LogP contribution in [0.4, 0.5) is 4.39 Å². The summed E-state index contributed by atoms with van der Waals surface area (Å²) < 4.78 is 18.5. The van der Waals surface area contributed by atoms with E-state index in [9.17, 15) is 4.39 Å². The van der Waals surface area contributed by atoms with Gasteiger partial charge >= 0.3 is 0 Å². The van der Waals surface area contributed by atoms with E-state index in [-0.39, 0.29) is 5.82 Å². The molecule has 1 aromatic carbocycles. The van der Waals surface area contributed by atoms with Crippen LogP contribution >= 0.6 is 15.9 Å². The highest BCUT2D eigenvalue weighted by Crippen LogP contribution is 2.09. The van der Waals surface area contributed by atoms with Crippen molar-refractivity contribution in [1.29, 1.82) is 0 Å². The normalized spacial score (nSPS) is 13.0. The van der Waals surface area contributed by atoms with Gasteiger partial charge in [0.2, 0.25) is 0 Å². The van der Waals surface area contributed by atoms with Crippen LogP contribution in [-0.4, -0.2) is 18.0 Å². The van der Waals surface area contributed by atoms with Crippen molar-refractivity contribution in [3.63, 3.8) is 0 Å². The molecule has 0 heterocycles. The third-order valence-electron chi connectivity index (χ3n) is 2.90. The molecule has 0 saturated carbocycles. The Balaban J connectivity index is 2.24. The van der Waals surface area contributed by atoms with Crippen LogP contribution in [0.2, 0.25) is 0 Å². The average Bonchev–Trinajstić information content (AvgIpc) is 2.41. The molecule has 0 fully saturated rings. The molecule has 106 valence electrons. The Labute approximate surface area is 124 Å². The zero-order valence-electron chi connectivity index (χ0n) is 11.4. The Kier molecular flexibility index (Phi) is 8.76. The molecule has 1 nitrogen and oxygen atoms in total. The number of rotatable bonds is 9. The zero-order valence-corrected chi connectivity index (χ0v) is 13.0. The molecule has 0 aromatic heterocycles. The van der Waals surface area contributed by atoms with Crippen LogP contribution in [0.15, 0.2) is 36.4 Å². The zero-order chi connectivity index (χ0) is 13.9. The highest BCUT2D eigenvalue weighted by Gasteiger charge is 2.05. The molecular weight excluding hydrogens is 307 g/mol. The predicted molar refractivity (Wildman–Crippen MR) is 82.3 cm³/mol. The fourth-order valence-corrected chi connectivity index (χ4v) is 2.36. The fraction of sp³-hybridized carbons (Fsp3) is 0.500. The molecule has 1 unspecified atom stereocenters. The van der Waals surface area contributed by atoms with Crippen molar-refractivity contribution < 1.29 is 9.13 Å². The molecule has 3 heteroatoms. The Bertz CT molecular complexity index is 356. The molecule has 1 rings (SSSR count). The molecule has 19 heavy (non-hydrogen) atoms. The monoisotopic (exact) mass is 328 g/mol. The van der Waals surface area contributed by atoms with Gasteiger partial charge in [0.15, 0.2) is 0 Å². The Morgan fingerprint density at radius 3 is 2.58 bits per heavy atom. The quantitative estimate of drug-likeness (QED) is 0.463. The SMILES string of the molecule is CCCC(CCBr)OC/C=C/Cc1ccc(F)cc1. The number of benzene rings is 1. The van der Waals surface area contributed by atoms with Crippen LogP contribution in [0, 0.1) is 5.82 Å². The maximum atomic E-state index is 12.7. The fourth-order valence-electron chi connectivity index (χ4n) is 1.85. The van der Waals surface area contributed by atoms with Crippen LogP contribution in [0.5, 0.6) is 0 Å². The van der Waals surface area contributed by atoms with E-state index >= 15 is 0 Å². The summed E-state index contributed by atoms with van der Waals surface area (Å²) in [7, 11) is 0. The van der Waals surface area contributed by atoms with E-state index < -0.39 is 0 Å². The highest BCUT2D eigenvalue weighted by molar-refractivity contribution is 9.09. The van der Waals surface area contributed by atoms with Gasteiger partial charge in [0, 0.05) is 5.33 Å². The first-order valence-corrected chi connectivity index (χ1v) is 7.95. The second kappa shape index (κ2) is 10.2. The van der Waals surface area contributed by atoms with E-state index in [0.717, 1.165) is 36.6 Å². The van der Waals surface area contributed by atoms with Crippen molar-refractivity contribution >= 4 is 15.9 Å². The number of halogens is 2. The molecule has 0 aliphatic rings. The number of alkyl halides is 1. The van der Waals surface area contributed by atoms with E-state index in [1.807, 2.05) is 18.2 Å². The number of hydrogen-bond donors (Lipinski definition) is 0. The molecule has 1 aromatic rings. The van der Waals surface area contributed by atoms with Gasteiger partial charge in [-0.3, -0.25) is 0 Å². The lowest BCUT2D eigenvalue weighted by atomic mass is 10.1. The summed E-state index contributed by atoms with van der Waals surface area (Å²) >= 11 is 3.45. The number of ether oxygens (including phenoxy) is 1. The lowest BCUT2D eigenvalue weighted by Crippen LogP contribution is -2.13. The van der Waals surface area contributed by atoms with Gasteiger partial charge in [-0.25, -0.2) is 4.39 Å². The Morgan fingerprint density at radius 1 is 1.21 bits per heavy atom. The van der Waals surface area contributed by atoms with Crippen molar-refractivity contribution in [1.82, 2.24) is 0 Å². The van der Waals surface area contributed by atoms with E-state index in [1.165, 1.54) is 12.1 Å². The molecule has 1 atom stereocenters. The van der Waals surface area contributed by atoms with Crippen LogP contribution in [0.3, 0.4) is 0 Å². The summed E-state index contributed by atoms with van der Waals surface area (Å²) in [6, 6.07) is 6.61. The van der Waals surface area contributed by atoms with Crippen molar-refractivity contribution in [2.45, 2.75) is 38.7 Å². The minimum absolute atomic E-state index is 0.187. The summed E-state index contributed by atoms with van der Waals surface area (Å²) in [6.07, 6.45) is 8.60. The van der Waals surface area contributed by atoms with Crippen molar-refractivity contribution in [3.8, 4) is 0 Å². The van der Waals surface area contributed by atoms with Crippen LogP contribution in [0.1, 0.15) is 31.7 Å². The molecule has 0 aliphatic carbocycles. The first-order chi connectivity index (χ1) is 9.26. The molecule has 0 saturated heterocycles. The molecular formula is C16H22BrFO. The number of allylic oxidation sites excluding steroid dienone is 1. The predicted octanol–water partition coefficient (Wildman–Crippen LogP) is 4.89. The molecule has 0 N–H and O–H groups in total. The van der Waals surface area contributed by atoms with Crippen molar-refractivity contribution in [3.05, 3.63) is 47.8 Å². The third kappa shape index (κ3) is 7.48. The van der Waals surface area contributed by atoms with Crippen LogP contribution in [-0.2, 0) is 11.2 Å². The van der Waals surface area contributed by atoms with E-state index in [2.05, 4.69) is 28.9 Å². The van der Waals surface area contributed by atoms with Gasteiger partial charge in [-0.2, -0.15) is 0 Å². The van der Waals surface area contributed by atoms with Crippen LogP contribution < -0.4 is 0 Å². The van der Waals surface area contributed by atoms with Gasteiger partial charge in [0.1, 0.15) is 5.82 Å². The van der Waals surface area contributed by atoms with Crippen molar-refractivity contribution in [2.75, 3.05) is 11.9 Å². The summed E-state index contributed by atoms with van der Waals surface area (Å²) in [5.41, 5.74) is 1.11. The molecule has 0 radical (unpaired) electrons. The minimum atomic E-state index is -0.187. The molecule has 0 bridgehead atoms. The number of hydrogen-bond acceptors (Lipinski definition) is 1. The largest absolute Gasteiger partial charge is 0.374 e. The molecule has 0 spiro atoms. The van der Waals surface area contributed by atoms with Crippen molar-refractivity contribution in [2.24, 2.45) is 0 Å². The smallest absolute Gasteiger partial charge is 0.123 e. The van der Waals surface area contributed by atoms with Gasteiger partial charge in [0.25, 0.3) is 0 Å². The van der Waals surface area contributed by atoms with Gasteiger partial charge in [-0.15, -0.1) is 0 Å². The Morgan fingerprint density at radius 2 is 1.95 bits per heavy atom. The van der Waals surface area contributed by atoms with Gasteiger partial charge < -0.3 is 4.74 Å². The lowest BCUT2D eigenvalue weighted by Gasteiger charge is -2.14. The standard InChI is InChI=1S/C16H22BrFO/c1-2-5-16(11-12-17)19-13-4-3-6-14-7-9-15(18)10-8-14/h3-4,7-10,16H,2,5-6,11-13H2,1H3/b4-3+. The van der Waals surface area contributed by atoms with E-state index in [0.29, 0.717) is 12.7 Å². The Hall–Kier alpha value is -0.670. The summed E-state index contributed by atoms with van der Waals surface area (Å²) in [5.74, 6) is -0.187. The third-order valence-corrected chi connectivity index (χ3v) is 3.36. The van der Waals surface area contributed by atoms with Crippen LogP contribution in [0.25, 0.3) is 0 Å². The van der Waals surface area contributed by atoms with Gasteiger partial charge in [-0.05, 0) is 37.0 Å². The summed E-state index contributed by atoms with van der Waals surface area (Å²) in [4.78, 5) is 0.